The summed E-state index contributed by atoms with van der Waals surface area (Å²) >= 11 is 1.69. The molecule has 22 heavy (non-hydrogen) atoms. The maximum atomic E-state index is 12.1. The fourth-order valence-corrected chi connectivity index (χ4v) is 4.07. The molecule has 1 fully saturated rings. The first kappa shape index (κ1) is 15.4. The van der Waals surface area contributed by atoms with E-state index in [1.807, 2.05) is 18.2 Å². The topological polar surface area (TPSA) is 45.2 Å². The average molecular weight is 317 g/mol. The van der Waals surface area contributed by atoms with Crippen LogP contribution in [0.5, 0.6) is 0 Å². The summed E-state index contributed by atoms with van der Waals surface area (Å²) in [7, 11) is 4.23. The molecule has 1 N–H and O–H groups in total. The smallest absolute Gasteiger partial charge is 0.220 e. The van der Waals surface area contributed by atoms with E-state index in [4.69, 9.17) is 0 Å². The Morgan fingerprint density at radius 2 is 2.18 bits per heavy atom. The zero-order valence-electron chi connectivity index (χ0n) is 13.2. The van der Waals surface area contributed by atoms with Crippen LogP contribution in [0.4, 0.5) is 0 Å². The van der Waals surface area contributed by atoms with E-state index in [0.717, 1.165) is 29.8 Å². The van der Waals surface area contributed by atoms with Gasteiger partial charge >= 0.3 is 0 Å². The third kappa shape index (κ3) is 3.65. The molecule has 0 saturated heterocycles. The first-order valence-corrected chi connectivity index (χ1v) is 8.73. The molecule has 0 unspecified atom stereocenters. The highest BCUT2D eigenvalue weighted by Crippen LogP contribution is 2.24. The average Bonchev–Trinajstić information content (AvgIpc) is 3.11. The molecule has 0 aliphatic heterocycles. The van der Waals surface area contributed by atoms with Gasteiger partial charge in [0.1, 0.15) is 0 Å². The second kappa shape index (κ2) is 6.75. The summed E-state index contributed by atoms with van der Waals surface area (Å²) in [6.07, 6.45) is 4.60. The van der Waals surface area contributed by atoms with Crippen LogP contribution < -0.4 is 5.32 Å². The number of carbonyl (C=O) groups excluding carboxylic acids is 1. The van der Waals surface area contributed by atoms with E-state index in [-0.39, 0.29) is 5.91 Å². The van der Waals surface area contributed by atoms with Crippen molar-refractivity contribution in [1.29, 1.82) is 0 Å². The largest absolute Gasteiger partial charge is 0.353 e. The molecule has 2 atom stereocenters. The maximum Gasteiger partial charge on any atom is 0.220 e. The highest BCUT2D eigenvalue weighted by Gasteiger charge is 2.26. The summed E-state index contributed by atoms with van der Waals surface area (Å²) in [5.41, 5.74) is 1.03. The van der Waals surface area contributed by atoms with Gasteiger partial charge in [-0.05, 0) is 45.5 Å². The van der Waals surface area contributed by atoms with Crippen molar-refractivity contribution in [2.45, 2.75) is 44.2 Å². The van der Waals surface area contributed by atoms with E-state index in [9.17, 15) is 4.79 Å². The molecule has 0 bridgehead atoms. The number of hydrogen-bond donors (Lipinski definition) is 1. The van der Waals surface area contributed by atoms with Crippen LogP contribution in [0.1, 0.15) is 30.7 Å². The van der Waals surface area contributed by atoms with E-state index in [1.54, 1.807) is 11.3 Å². The van der Waals surface area contributed by atoms with Crippen LogP contribution in [0.15, 0.2) is 24.3 Å². The van der Waals surface area contributed by atoms with Crippen LogP contribution in [0.3, 0.4) is 0 Å². The molecule has 3 rings (SSSR count). The second-order valence-electron chi connectivity index (χ2n) is 6.27. The van der Waals surface area contributed by atoms with Gasteiger partial charge in [0.15, 0.2) is 0 Å². The summed E-state index contributed by atoms with van der Waals surface area (Å²) in [4.78, 5) is 19.0. The molecular formula is C17H23N3OS. The van der Waals surface area contributed by atoms with Crippen molar-refractivity contribution >= 4 is 27.5 Å². The molecule has 1 amide bonds. The molecule has 2 aromatic rings. The van der Waals surface area contributed by atoms with E-state index in [2.05, 4.69) is 35.4 Å². The Bertz CT molecular complexity index is 619. The zero-order valence-corrected chi connectivity index (χ0v) is 14.0. The number of nitrogens with zero attached hydrogens (tertiary/aromatic N) is 2. The molecule has 1 heterocycles. The molecular weight excluding hydrogens is 294 g/mol. The molecule has 118 valence electrons. The molecule has 4 nitrogen and oxygen atoms in total. The van der Waals surface area contributed by atoms with Gasteiger partial charge in [0.2, 0.25) is 5.91 Å². The van der Waals surface area contributed by atoms with Crippen LogP contribution in [0.2, 0.25) is 0 Å². The SMILES string of the molecule is CN(C)[C@@H]1CC[C@H](NC(=O)CCc2nc3ccccc3s2)C1. The van der Waals surface area contributed by atoms with Crippen molar-refractivity contribution in [3.05, 3.63) is 29.3 Å². The maximum absolute atomic E-state index is 12.1. The lowest BCUT2D eigenvalue weighted by molar-refractivity contribution is -0.121. The van der Waals surface area contributed by atoms with E-state index in [1.165, 1.54) is 11.1 Å². The summed E-state index contributed by atoms with van der Waals surface area (Å²) in [5.74, 6) is 0.156. The minimum Gasteiger partial charge on any atom is -0.353 e. The number of nitrogens with one attached hydrogen (secondary N) is 1. The van der Waals surface area contributed by atoms with Crippen molar-refractivity contribution in [2.75, 3.05) is 14.1 Å². The molecule has 1 aromatic carbocycles. The third-order valence-corrected chi connectivity index (χ3v) is 5.50. The number of benzene rings is 1. The fraction of sp³-hybridized carbons (Fsp3) is 0.529. The summed E-state index contributed by atoms with van der Waals surface area (Å²) in [6, 6.07) is 9.08. The molecule has 5 heteroatoms. The second-order valence-corrected chi connectivity index (χ2v) is 7.39. The van der Waals surface area contributed by atoms with E-state index < -0.39 is 0 Å². The number of hydrogen-bond acceptors (Lipinski definition) is 4. The lowest BCUT2D eigenvalue weighted by atomic mass is 10.2. The lowest BCUT2D eigenvalue weighted by Gasteiger charge is -2.19. The highest BCUT2D eigenvalue weighted by atomic mass is 32.1. The standard InChI is InChI=1S/C17H23N3OS/c1-20(2)13-8-7-12(11-13)18-16(21)9-10-17-19-14-5-3-4-6-15(14)22-17/h3-6,12-13H,7-11H2,1-2H3,(H,18,21)/t12-,13+/m0/s1. The molecule has 0 radical (unpaired) electrons. The minimum absolute atomic E-state index is 0.156. The summed E-state index contributed by atoms with van der Waals surface area (Å²) in [5, 5.41) is 4.23. The number of para-hydroxylation sites is 1. The number of rotatable bonds is 5. The Morgan fingerprint density at radius 1 is 1.36 bits per heavy atom. The lowest BCUT2D eigenvalue weighted by Crippen LogP contribution is -2.35. The third-order valence-electron chi connectivity index (χ3n) is 4.40. The Labute approximate surface area is 135 Å². The van der Waals surface area contributed by atoms with Crippen LogP contribution >= 0.6 is 11.3 Å². The zero-order chi connectivity index (χ0) is 15.5. The number of aromatic nitrogens is 1. The van der Waals surface area contributed by atoms with E-state index >= 15 is 0 Å². The van der Waals surface area contributed by atoms with Crippen LogP contribution in [0, 0.1) is 0 Å². The Kier molecular flexibility index (Phi) is 4.74. The molecule has 0 spiro atoms. The van der Waals surface area contributed by atoms with Crippen molar-refractivity contribution in [3.8, 4) is 0 Å². The number of amides is 1. The van der Waals surface area contributed by atoms with Gasteiger partial charge in [-0.2, -0.15) is 0 Å². The minimum atomic E-state index is 0.156. The van der Waals surface area contributed by atoms with E-state index in [0.29, 0.717) is 18.5 Å². The molecule has 1 aliphatic rings. The number of aryl methyl sites for hydroxylation is 1. The summed E-state index contributed by atoms with van der Waals surface area (Å²) < 4.78 is 1.20. The quantitative estimate of drug-likeness (QED) is 0.922. The van der Waals surface area contributed by atoms with Gasteiger partial charge in [0.05, 0.1) is 15.2 Å². The Balaban J connectivity index is 1.48. The number of thiazole rings is 1. The highest BCUT2D eigenvalue weighted by molar-refractivity contribution is 7.18. The fourth-order valence-electron chi connectivity index (χ4n) is 3.10. The molecule has 1 saturated carbocycles. The Hall–Kier alpha value is -1.46. The van der Waals surface area contributed by atoms with Crippen molar-refractivity contribution in [3.63, 3.8) is 0 Å². The first-order valence-electron chi connectivity index (χ1n) is 7.92. The van der Waals surface area contributed by atoms with Gasteiger partial charge in [-0.1, -0.05) is 12.1 Å². The monoisotopic (exact) mass is 317 g/mol. The van der Waals surface area contributed by atoms with Gasteiger partial charge in [-0.25, -0.2) is 4.98 Å². The Morgan fingerprint density at radius 3 is 2.91 bits per heavy atom. The summed E-state index contributed by atoms with van der Waals surface area (Å²) in [6.45, 7) is 0. The van der Waals surface area contributed by atoms with Crippen molar-refractivity contribution in [2.24, 2.45) is 0 Å². The predicted octanol–water partition coefficient (Wildman–Crippen LogP) is 2.83. The van der Waals surface area contributed by atoms with Crippen LogP contribution in [-0.2, 0) is 11.2 Å². The molecule has 1 aliphatic carbocycles. The van der Waals surface area contributed by atoms with Gasteiger partial charge in [0.25, 0.3) is 0 Å². The van der Waals surface area contributed by atoms with Gasteiger partial charge in [-0.15, -0.1) is 11.3 Å². The van der Waals surface area contributed by atoms with Crippen molar-refractivity contribution < 1.29 is 4.79 Å². The van der Waals surface area contributed by atoms with Gasteiger partial charge in [-0.3, -0.25) is 4.79 Å². The molecule has 1 aromatic heterocycles. The van der Waals surface area contributed by atoms with Crippen molar-refractivity contribution in [1.82, 2.24) is 15.2 Å². The van der Waals surface area contributed by atoms with Gasteiger partial charge in [0, 0.05) is 24.9 Å². The van der Waals surface area contributed by atoms with Crippen LogP contribution in [-0.4, -0.2) is 42.0 Å². The number of fused-ring (bicyclic) bond motifs is 1. The normalized spacial score (nSPS) is 21.6. The number of carbonyl (C=O) groups is 1. The first-order chi connectivity index (χ1) is 10.6. The predicted molar refractivity (Wildman–Crippen MR) is 91.2 cm³/mol. The van der Waals surface area contributed by atoms with Crippen LogP contribution in [0.25, 0.3) is 10.2 Å². The van der Waals surface area contributed by atoms with Gasteiger partial charge < -0.3 is 10.2 Å².